The van der Waals surface area contributed by atoms with Gasteiger partial charge in [-0.15, -0.1) is 0 Å². The molecule has 0 radical (unpaired) electrons. The molecule has 2 rings (SSSR count). The summed E-state index contributed by atoms with van der Waals surface area (Å²) in [5.41, 5.74) is 6.82. The molecule has 6 nitrogen and oxygen atoms in total. The molecular formula is C10H10N6S. The SMILES string of the molecule is NC(=S)c1ccnc(NCc2cccnn2)n1. The summed E-state index contributed by atoms with van der Waals surface area (Å²) in [6.07, 6.45) is 3.22. The van der Waals surface area contributed by atoms with Crippen LogP contribution in [-0.4, -0.2) is 25.2 Å². The molecule has 0 amide bonds. The van der Waals surface area contributed by atoms with Crippen LogP contribution >= 0.6 is 12.2 Å². The van der Waals surface area contributed by atoms with Crippen LogP contribution in [0.3, 0.4) is 0 Å². The minimum atomic E-state index is 0.245. The van der Waals surface area contributed by atoms with E-state index in [1.54, 1.807) is 18.5 Å². The number of aromatic nitrogens is 4. The Hall–Kier alpha value is -2.15. The second-order valence-electron chi connectivity index (χ2n) is 3.20. The van der Waals surface area contributed by atoms with Crippen LogP contribution in [0.15, 0.2) is 30.6 Å². The normalized spacial score (nSPS) is 9.88. The van der Waals surface area contributed by atoms with Gasteiger partial charge in [0, 0.05) is 12.4 Å². The molecule has 2 heterocycles. The first-order valence-electron chi connectivity index (χ1n) is 4.89. The van der Waals surface area contributed by atoms with E-state index < -0.39 is 0 Å². The number of thiocarbonyl (C=S) groups is 1. The molecule has 17 heavy (non-hydrogen) atoms. The molecule has 0 aliphatic heterocycles. The molecule has 0 aliphatic carbocycles. The second kappa shape index (κ2) is 5.26. The first-order chi connectivity index (χ1) is 8.25. The summed E-state index contributed by atoms with van der Waals surface area (Å²) >= 11 is 4.84. The Labute approximate surface area is 103 Å². The summed E-state index contributed by atoms with van der Waals surface area (Å²) in [5, 5.41) is 10.7. The van der Waals surface area contributed by atoms with Crippen molar-refractivity contribution in [2.45, 2.75) is 6.54 Å². The van der Waals surface area contributed by atoms with Crippen molar-refractivity contribution in [3.63, 3.8) is 0 Å². The van der Waals surface area contributed by atoms with Crippen LogP contribution in [0.4, 0.5) is 5.95 Å². The van der Waals surface area contributed by atoms with Gasteiger partial charge in [0.15, 0.2) is 0 Å². The molecule has 0 aromatic carbocycles. The van der Waals surface area contributed by atoms with E-state index in [1.807, 2.05) is 12.1 Å². The lowest BCUT2D eigenvalue weighted by molar-refractivity contribution is 0.913. The lowest BCUT2D eigenvalue weighted by atomic mass is 10.4. The molecule has 0 atom stereocenters. The molecule has 3 N–H and O–H groups in total. The Morgan fingerprint density at radius 3 is 2.94 bits per heavy atom. The number of anilines is 1. The standard InChI is InChI=1S/C10H10N6S/c11-9(17)8-3-5-12-10(15-8)13-6-7-2-1-4-14-16-7/h1-5H,6H2,(H2,11,17)(H,12,13,15). The van der Waals surface area contributed by atoms with Crippen LogP contribution in [-0.2, 0) is 6.54 Å². The van der Waals surface area contributed by atoms with Gasteiger partial charge in [-0.2, -0.15) is 10.2 Å². The van der Waals surface area contributed by atoms with Gasteiger partial charge in [-0.1, -0.05) is 12.2 Å². The number of nitrogens with zero attached hydrogens (tertiary/aromatic N) is 4. The highest BCUT2D eigenvalue weighted by Crippen LogP contribution is 2.02. The van der Waals surface area contributed by atoms with Crippen molar-refractivity contribution in [1.82, 2.24) is 20.2 Å². The number of hydrogen-bond acceptors (Lipinski definition) is 6. The molecule has 0 saturated heterocycles. The first-order valence-corrected chi connectivity index (χ1v) is 5.30. The van der Waals surface area contributed by atoms with E-state index in [2.05, 4.69) is 25.5 Å². The summed E-state index contributed by atoms with van der Waals surface area (Å²) in [5.74, 6) is 0.459. The lowest BCUT2D eigenvalue weighted by Gasteiger charge is -2.04. The van der Waals surface area contributed by atoms with Crippen LogP contribution < -0.4 is 11.1 Å². The molecule has 86 valence electrons. The van der Waals surface area contributed by atoms with E-state index in [4.69, 9.17) is 18.0 Å². The van der Waals surface area contributed by atoms with Crippen LogP contribution in [0.2, 0.25) is 0 Å². The average Bonchev–Trinajstić information content (AvgIpc) is 2.38. The minimum Gasteiger partial charge on any atom is -0.388 e. The fourth-order valence-corrected chi connectivity index (χ4v) is 1.29. The molecule has 2 aromatic heterocycles. The molecule has 0 bridgehead atoms. The highest BCUT2D eigenvalue weighted by molar-refractivity contribution is 7.80. The van der Waals surface area contributed by atoms with E-state index in [0.29, 0.717) is 18.2 Å². The van der Waals surface area contributed by atoms with Crippen molar-refractivity contribution >= 4 is 23.2 Å². The van der Waals surface area contributed by atoms with Gasteiger partial charge in [0.25, 0.3) is 0 Å². The monoisotopic (exact) mass is 246 g/mol. The maximum atomic E-state index is 5.48. The Morgan fingerprint density at radius 2 is 2.24 bits per heavy atom. The van der Waals surface area contributed by atoms with Gasteiger partial charge in [0.2, 0.25) is 5.95 Å². The summed E-state index contributed by atoms with van der Waals surface area (Å²) < 4.78 is 0. The number of nitrogens with two attached hydrogens (primary N) is 1. The molecule has 0 spiro atoms. The van der Waals surface area contributed by atoms with Crippen molar-refractivity contribution in [3.8, 4) is 0 Å². The fourth-order valence-electron chi connectivity index (χ4n) is 1.18. The summed E-state index contributed by atoms with van der Waals surface area (Å²) in [7, 11) is 0. The largest absolute Gasteiger partial charge is 0.388 e. The Kier molecular flexibility index (Phi) is 3.51. The first kappa shape index (κ1) is 11.3. The van der Waals surface area contributed by atoms with Crippen molar-refractivity contribution in [3.05, 3.63) is 42.0 Å². The van der Waals surface area contributed by atoms with Crippen LogP contribution in [0, 0.1) is 0 Å². The third kappa shape index (κ3) is 3.15. The number of rotatable bonds is 4. The van der Waals surface area contributed by atoms with E-state index in [-0.39, 0.29) is 4.99 Å². The zero-order valence-electron chi connectivity index (χ0n) is 8.87. The average molecular weight is 246 g/mol. The van der Waals surface area contributed by atoms with Crippen LogP contribution in [0.25, 0.3) is 0 Å². The zero-order chi connectivity index (χ0) is 12.1. The van der Waals surface area contributed by atoms with Gasteiger partial charge in [-0.3, -0.25) is 0 Å². The smallest absolute Gasteiger partial charge is 0.223 e. The van der Waals surface area contributed by atoms with E-state index >= 15 is 0 Å². The quantitative estimate of drug-likeness (QED) is 0.760. The Balaban J connectivity index is 2.04. The van der Waals surface area contributed by atoms with Gasteiger partial charge >= 0.3 is 0 Å². The van der Waals surface area contributed by atoms with Crippen molar-refractivity contribution in [2.75, 3.05) is 5.32 Å². The third-order valence-electron chi connectivity index (χ3n) is 1.96. The van der Waals surface area contributed by atoms with Gasteiger partial charge in [0.1, 0.15) is 10.7 Å². The minimum absolute atomic E-state index is 0.245. The number of hydrogen-bond donors (Lipinski definition) is 2. The Bertz CT molecular complexity index is 515. The highest BCUT2D eigenvalue weighted by atomic mass is 32.1. The van der Waals surface area contributed by atoms with E-state index in [1.165, 1.54) is 0 Å². The molecule has 7 heteroatoms. The summed E-state index contributed by atoms with van der Waals surface area (Å²) in [6, 6.07) is 5.34. The predicted molar refractivity (Wildman–Crippen MR) is 67.3 cm³/mol. The second-order valence-corrected chi connectivity index (χ2v) is 3.64. The van der Waals surface area contributed by atoms with Gasteiger partial charge in [0.05, 0.1) is 12.2 Å². The Morgan fingerprint density at radius 1 is 1.35 bits per heavy atom. The van der Waals surface area contributed by atoms with Gasteiger partial charge in [-0.25, -0.2) is 9.97 Å². The molecular weight excluding hydrogens is 236 g/mol. The van der Waals surface area contributed by atoms with Crippen molar-refractivity contribution in [2.24, 2.45) is 5.73 Å². The van der Waals surface area contributed by atoms with Crippen molar-refractivity contribution in [1.29, 1.82) is 0 Å². The van der Waals surface area contributed by atoms with Gasteiger partial charge < -0.3 is 11.1 Å². The van der Waals surface area contributed by atoms with Crippen LogP contribution in [0.1, 0.15) is 11.4 Å². The summed E-state index contributed by atoms with van der Waals surface area (Å²) in [4.78, 5) is 8.45. The zero-order valence-corrected chi connectivity index (χ0v) is 9.68. The third-order valence-corrected chi connectivity index (χ3v) is 2.17. The maximum Gasteiger partial charge on any atom is 0.223 e. The molecule has 0 fully saturated rings. The lowest BCUT2D eigenvalue weighted by Crippen LogP contribution is -2.14. The number of nitrogens with one attached hydrogen (secondary N) is 1. The highest BCUT2D eigenvalue weighted by Gasteiger charge is 2.01. The van der Waals surface area contributed by atoms with E-state index in [0.717, 1.165) is 5.69 Å². The van der Waals surface area contributed by atoms with Crippen molar-refractivity contribution < 1.29 is 0 Å². The predicted octanol–water partition coefficient (Wildman–Crippen LogP) is 0.513. The molecule has 2 aromatic rings. The van der Waals surface area contributed by atoms with Gasteiger partial charge in [-0.05, 0) is 18.2 Å². The molecule has 0 saturated carbocycles. The van der Waals surface area contributed by atoms with E-state index in [9.17, 15) is 0 Å². The fraction of sp³-hybridized carbons (Fsp3) is 0.100. The molecule has 0 unspecified atom stereocenters. The maximum absolute atomic E-state index is 5.48. The molecule has 0 aliphatic rings. The van der Waals surface area contributed by atoms with Crippen LogP contribution in [0.5, 0.6) is 0 Å². The topological polar surface area (TPSA) is 89.6 Å². The summed E-state index contributed by atoms with van der Waals surface area (Å²) in [6.45, 7) is 0.495.